The standard InChI is InChI=1S/C16H15ClFNOS/c1-11(21-14-8-6-13(18)7-9-14)16(20)19-10-12-4-2-3-5-15(12)17/h2-9,11H,10H2,1H3,(H,19,20)/t11-/m1/s1. The lowest BCUT2D eigenvalue weighted by molar-refractivity contribution is -0.120. The molecule has 2 nitrogen and oxygen atoms in total. The second-order valence-corrected chi connectivity index (χ2v) is 6.34. The minimum atomic E-state index is -0.282. The molecular formula is C16H15ClFNOS. The van der Waals surface area contributed by atoms with Gasteiger partial charge in [-0.2, -0.15) is 0 Å². The average molecular weight is 324 g/mol. The van der Waals surface area contributed by atoms with Gasteiger partial charge in [0.25, 0.3) is 0 Å². The van der Waals surface area contributed by atoms with Crippen molar-refractivity contribution in [1.29, 1.82) is 0 Å². The van der Waals surface area contributed by atoms with E-state index in [2.05, 4.69) is 5.32 Å². The molecule has 2 aromatic carbocycles. The molecule has 0 unspecified atom stereocenters. The zero-order valence-electron chi connectivity index (χ0n) is 11.5. The van der Waals surface area contributed by atoms with Crippen LogP contribution in [-0.2, 0) is 11.3 Å². The molecule has 0 saturated heterocycles. The summed E-state index contributed by atoms with van der Waals surface area (Å²) in [6, 6.07) is 13.5. The minimum Gasteiger partial charge on any atom is -0.351 e. The summed E-state index contributed by atoms with van der Waals surface area (Å²) in [5, 5.41) is 3.22. The first kappa shape index (κ1) is 15.9. The van der Waals surface area contributed by atoms with E-state index in [1.165, 1.54) is 23.9 Å². The molecular weight excluding hydrogens is 309 g/mol. The predicted octanol–water partition coefficient (Wildman–Crippen LogP) is 4.28. The fourth-order valence-electron chi connectivity index (χ4n) is 1.74. The van der Waals surface area contributed by atoms with E-state index in [0.29, 0.717) is 11.6 Å². The SMILES string of the molecule is C[C@@H](Sc1ccc(F)cc1)C(=O)NCc1ccccc1Cl. The highest BCUT2D eigenvalue weighted by Crippen LogP contribution is 2.23. The third-order valence-electron chi connectivity index (χ3n) is 2.91. The van der Waals surface area contributed by atoms with Gasteiger partial charge in [0.2, 0.25) is 5.91 Å². The zero-order valence-corrected chi connectivity index (χ0v) is 13.0. The van der Waals surface area contributed by atoms with E-state index in [1.807, 2.05) is 25.1 Å². The summed E-state index contributed by atoms with van der Waals surface area (Å²) in [4.78, 5) is 12.9. The van der Waals surface area contributed by atoms with Crippen LogP contribution in [0.3, 0.4) is 0 Å². The summed E-state index contributed by atoms with van der Waals surface area (Å²) in [6.07, 6.45) is 0. The van der Waals surface area contributed by atoms with Crippen molar-refractivity contribution in [2.45, 2.75) is 23.6 Å². The Labute approximate surface area is 132 Å². The van der Waals surface area contributed by atoms with Gasteiger partial charge >= 0.3 is 0 Å². The van der Waals surface area contributed by atoms with Crippen LogP contribution in [0.4, 0.5) is 4.39 Å². The van der Waals surface area contributed by atoms with Crippen molar-refractivity contribution >= 4 is 29.3 Å². The summed E-state index contributed by atoms with van der Waals surface area (Å²) in [5.74, 6) is -0.362. The maximum atomic E-state index is 12.8. The number of thioether (sulfide) groups is 1. The topological polar surface area (TPSA) is 29.1 Å². The first-order chi connectivity index (χ1) is 10.1. The molecule has 0 bridgehead atoms. The Bertz CT molecular complexity index is 618. The number of amides is 1. The van der Waals surface area contributed by atoms with Crippen molar-refractivity contribution in [1.82, 2.24) is 5.32 Å². The van der Waals surface area contributed by atoms with E-state index >= 15 is 0 Å². The van der Waals surface area contributed by atoms with Crippen LogP contribution in [0.2, 0.25) is 5.02 Å². The lowest BCUT2D eigenvalue weighted by Crippen LogP contribution is -2.30. The van der Waals surface area contributed by atoms with Crippen LogP contribution in [0, 0.1) is 5.82 Å². The number of rotatable bonds is 5. The number of hydrogen-bond donors (Lipinski definition) is 1. The van der Waals surface area contributed by atoms with Gasteiger partial charge in [0, 0.05) is 16.5 Å². The summed E-state index contributed by atoms with van der Waals surface area (Å²) in [5.41, 5.74) is 0.881. The van der Waals surface area contributed by atoms with Crippen LogP contribution in [0.25, 0.3) is 0 Å². The van der Waals surface area contributed by atoms with Gasteiger partial charge in [0.1, 0.15) is 5.82 Å². The number of carbonyl (C=O) groups excluding carboxylic acids is 1. The molecule has 0 fully saturated rings. The highest BCUT2D eigenvalue weighted by atomic mass is 35.5. The Morgan fingerprint density at radius 3 is 2.57 bits per heavy atom. The summed E-state index contributed by atoms with van der Waals surface area (Å²) >= 11 is 7.43. The Morgan fingerprint density at radius 1 is 1.24 bits per heavy atom. The minimum absolute atomic E-state index is 0.0794. The maximum absolute atomic E-state index is 12.8. The smallest absolute Gasteiger partial charge is 0.233 e. The Hall–Kier alpha value is -1.52. The maximum Gasteiger partial charge on any atom is 0.233 e. The molecule has 0 aromatic heterocycles. The van der Waals surface area contributed by atoms with Crippen molar-refractivity contribution in [3.05, 3.63) is 64.9 Å². The van der Waals surface area contributed by atoms with Crippen molar-refractivity contribution in [3.8, 4) is 0 Å². The molecule has 1 N–H and O–H groups in total. The molecule has 110 valence electrons. The molecule has 0 aliphatic rings. The molecule has 5 heteroatoms. The second kappa shape index (κ2) is 7.48. The normalized spacial score (nSPS) is 12.0. The molecule has 0 heterocycles. The number of carbonyl (C=O) groups is 1. The fraction of sp³-hybridized carbons (Fsp3) is 0.188. The molecule has 0 spiro atoms. The molecule has 0 aliphatic heterocycles. The molecule has 2 aromatic rings. The molecule has 2 rings (SSSR count). The fourth-order valence-corrected chi connectivity index (χ4v) is 2.83. The van der Waals surface area contributed by atoms with E-state index in [4.69, 9.17) is 11.6 Å². The summed E-state index contributed by atoms with van der Waals surface area (Å²) in [6.45, 7) is 2.21. The van der Waals surface area contributed by atoms with E-state index in [9.17, 15) is 9.18 Å². The van der Waals surface area contributed by atoms with Crippen LogP contribution in [0.15, 0.2) is 53.4 Å². The summed E-state index contributed by atoms with van der Waals surface area (Å²) in [7, 11) is 0. The van der Waals surface area contributed by atoms with E-state index in [0.717, 1.165) is 10.5 Å². The number of nitrogens with one attached hydrogen (secondary N) is 1. The number of halogens is 2. The van der Waals surface area contributed by atoms with Gasteiger partial charge in [-0.15, -0.1) is 11.8 Å². The molecule has 0 radical (unpaired) electrons. The zero-order chi connectivity index (χ0) is 15.2. The number of hydrogen-bond acceptors (Lipinski definition) is 2. The highest BCUT2D eigenvalue weighted by molar-refractivity contribution is 8.00. The van der Waals surface area contributed by atoms with Crippen LogP contribution in [-0.4, -0.2) is 11.2 Å². The van der Waals surface area contributed by atoms with Gasteiger partial charge in [-0.25, -0.2) is 4.39 Å². The molecule has 0 aliphatic carbocycles. The van der Waals surface area contributed by atoms with E-state index in [-0.39, 0.29) is 17.0 Å². The molecule has 1 amide bonds. The van der Waals surface area contributed by atoms with Crippen LogP contribution >= 0.6 is 23.4 Å². The Balaban J connectivity index is 1.88. The molecule has 1 atom stereocenters. The quantitative estimate of drug-likeness (QED) is 0.832. The molecule has 0 saturated carbocycles. The highest BCUT2D eigenvalue weighted by Gasteiger charge is 2.14. The van der Waals surface area contributed by atoms with Crippen molar-refractivity contribution in [2.75, 3.05) is 0 Å². The van der Waals surface area contributed by atoms with Crippen LogP contribution < -0.4 is 5.32 Å². The third-order valence-corrected chi connectivity index (χ3v) is 4.39. The first-order valence-corrected chi connectivity index (χ1v) is 7.75. The van der Waals surface area contributed by atoms with Gasteiger partial charge in [-0.3, -0.25) is 4.79 Å². The van der Waals surface area contributed by atoms with Crippen LogP contribution in [0.1, 0.15) is 12.5 Å². The molecule has 21 heavy (non-hydrogen) atoms. The van der Waals surface area contributed by atoms with E-state index in [1.54, 1.807) is 18.2 Å². The lowest BCUT2D eigenvalue weighted by atomic mass is 10.2. The summed E-state index contributed by atoms with van der Waals surface area (Å²) < 4.78 is 12.8. The monoisotopic (exact) mass is 323 g/mol. The van der Waals surface area contributed by atoms with Crippen molar-refractivity contribution in [3.63, 3.8) is 0 Å². The lowest BCUT2D eigenvalue weighted by Gasteiger charge is -2.12. The predicted molar refractivity (Wildman–Crippen MR) is 85.0 cm³/mol. The van der Waals surface area contributed by atoms with Gasteiger partial charge in [0.05, 0.1) is 5.25 Å². The largest absolute Gasteiger partial charge is 0.351 e. The first-order valence-electron chi connectivity index (χ1n) is 6.49. The Kier molecular flexibility index (Phi) is 5.65. The van der Waals surface area contributed by atoms with Gasteiger partial charge < -0.3 is 5.32 Å². The average Bonchev–Trinajstić information content (AvgIpc) is 2.48. The van der Waals surface area contributed by atoms with Crippen molar-refractivity contribution in [2.24, 2.45) is 0 Å². The van der Waals surface area contributed by atoms with Gasteiger partial charge in [-0.05, 0) is 42.8 Å². The second-order valence-electron chi connectivity index (χ2n) is 4.52. The van der Waals surface area contributed by atoms with E-state index < -0.39 is 0 Å². The Morgan fingerprint density at radius 2 is 1.90 bits per heavy atom. The number of benzene rings is 2. The van der Waals surface area contributed by atoms with Gasteiger partial charge in [0.15, 0.2) is 0 Å². The van der Waals surface area contributed by atoms with Gasteiger partial charge in [-0.1, -0.05) is 29.8 Å². The van der Waals surface area contributed by atoms with Crippen LogP contribution in [0.5, 0.6) is 0 Å². The third kappa shape index (κ3) is 4.76. The van der Waals surface area contributed by atoms with Crippen molar-refractivity contribution < 1.29 is 9.18 Å².